The van der Waals surface area contributed by atoms with Crippen molar-refractivity contribution in [2.75, 3.05) is 37.0 Å². The molecular weight excluding hydrogens is 706 g/mol. The molecule has 282 valence electrons. The van der Waals surface area contributed by atoms with Crippen LogP contribution in [-0.2, 0) is 19.6 Å². The SMILES string of the molecule is Nc1nc2c(ncn2CC(F)C(F)CO)c(=O)[nH]1.Nc1nc2c(ncn2CC(F)CCO)c(=O)[nH]1.Nc1nc2c(ncn2CCC(F)CO)c(=O)[nH]1. The third-order valence-electron chi connectivity index (χ3n) is 7.14. The third kappa shape index (κ3) is 9.43. The number of aliphatic hydroxyl groups excluding tert-OH is 3. The van der Waals surface area contributed by atoms with Gasteiger partial charge in [-0.05, 0) is 6.42 Å². The molecule has 12 N–H and O–H groups in total. The molecule has 21 nitrogen and oxygen atoms in total. The Morgan fingerprint density at radius 3 is 1.44 bits per heavy atom. The number of imidazole rings is 3. The molecule has 0 aliphatic rings. The summed E-state index contributed by atoms with van der Waals surface area (Å²) in [7, 11) is 0. The molecule has 0 aliphatic carbocycles. The van der Waals surface area contributed by atoms with E-state index in [0.717, 1.165) is 0 Å². The first kappa shape index (κ1) is 38.8. The number of nitrogen functional groups attached to an aromatic ring is 3. The van der Waals surface area contributed by atoms with Gasteiger partial charge >= 0.3 is 0 Å². The van der Waals surface area contributed by atoms with E-state index in [9.17, 15) is 31.9 Å². The van der Waals surface area contributed by atoms with Crippen LogP contribution in [-0.4, -0.2) is 118 Å². The fourth-order valence-electron chi connectivity index (χ4n) is 4.58. The van der Waals surface area contributed by atoms with E-state index in [1.807, 2.05) is 0 Å². The van der Waals surface area contributed by atoms with Crippen molar-refractivity contribution in [2.24, 2.45) is 0 Å². The minimum atomic E-state index is -2.00. The van der Waals surface area contributed by atoms with Gasteiger partial charge in [0.25, 0.3) is 16.7 Å². The van der Waals surface area contributed by atoms with Crippen molar-refractivity contribution in [3.63, 3.8) is 0 Å². The molecule has 0 radical (unpaired) electrons. The molecule has 6 aromatic heterocycles. The van der Waals surface area contributed by atoms with Crippen LogP contribution in [0.1, 0.15) is 12.8 Å². The van der Waals surface area contributed by atoms with E-state index >= 15 is 0 Å². The summed E-state index contributed by atoms with van der Waals surface area (Å²) >= 11 is 0. The largest absolute Gasteiger partial charge is 0.396 e. The van der Waals surface area contributed by atoms with E-state index in [4.69, 9.17) is 32.5 Å². The Labute approximate surface area is 287 Å². The smallest absolute Gasteiger partial charge is 0.280 e. The Balaban J connectivity index is 0.000000175. The highest BCUT2D eigenvalue weighted by Gasteiger charge is 2.22. The quantitative estimate of drug-likeness (QED) is 0.0626. The highest BCUT2D eigenvalue weighted by molar-refractivity contribution is 5.71. The zero-order valence-electron chi connectivity index (χ0n) is 27.0. The van der Waals surface area contributed by atoms with Gasteiger partial charge in [0, 0.05) is 19.6 Å². The second kappa shape index (κ2) is 17.3. The Morgan fingerprint density at radius 2 is 1.02 bits per heavy atom. The standard InChI is InChI=1S/C9H11F2N5O2.2C9H12FN5O2/c10-4(5(11)2-17)1-16-3-13-6-7(16)14-9(12)15-8(6)18;10-5(1-2-16)3-15-4-12-6-7(15)13-9(11)14-8(6)17;10-5(3-16)1-2-15-4-12-6-7(15)13-9(11)14-8(6)17/h3-5,17H,1-2H2,(H3,12,14,15,18);2*4-5,16H,1-3H2,(H3,11,13,14,17). The monoisotopic (exact) mass is 741 g/mol. The molecule has 0 spiro atoms. The number of anilines is 3. The summed E-state index contributed by atoms with van der Waals surface area (Å²) in [6.07, 6.45) is -2.40. The number of nitrogens with zero attached hydrogens (tertiary/aromatic N) is 9. The first-order chi connectivity index (χ1) is 24.8. The van der Waals surface area contributed by atoms with Gasteiger partial charge in [-0.2, -0.15) is 15.0 Å². The van der Waals surface area contributed by atoms with Crippen molar-refractivity contribution in [2.45, 2.75) is 57.2 Å². The van der Waals surface area contributed by atoms with Crippen molar-refractivity contribution < 1.29 is 32.9 Å². The second-order valence-corrected chi connectivity index (χ2v) is 11.0. The van der Waals surface area contributed by atoms with Crippen molar-refractivity contribution in [3.05, 3.63) is 50.0 Å². The predicted molar refractivity (Wildman–Crippen MR) is 178 cm³/mol. The maximum absolute atomic E-state index is 13.4. The number of aromatic amines is 3. The summed E-state index contributed by atoms with van der Waals surface area (Å²) in [5, 5.41) is 25.7. The number of fused-ring (bicyclic) bond motifs is 3. The summed E-state index contributed by atoms with van der Waals surface area (Å²) in [4.78, 5) is 64.3. The van der Waals surface area contributed by atoms with E-state index in [1.54, 1.807) is 0 Å². The molecule has 0 fully saturated rings. The summed E-state index contributed by atoms with van der Waals surface area (Å²) in [5.74, 6) is -0.186. The fourth-order valence-corrected chi connectivity index (χ4v) is 4.58. The Bertz CT molecular complexity index is 2270. The maximum Gasteiger partial charge on any atom is 0.280 e. The van der Waals surface area contributed by atoms with E-state index < -0.39 is 61.1 Å². The Hall–Kier alpha value is -5.95. The van der Waals surface area contributed by atoms with E-state index in [1.165, 1.54) is 32.7 Å². The van der Waals surface area contributed by atoms with E-state index in [2.05, 4.69) is 44.9 Å². The second-order valence-electron chi connectivity index (χ2n) is 11.0. The highest BCUT2D eigenvalue weighted by atomic mass is 19.2. The summed E-state index contributed by atoms with van der Waals surface area (Å²) in [6, 6.07) is 0. The molecule has 52 heavy (non-hydrogen) atoms. The average Bonchev–Trinajstić information content (AvgIpc) is 3.81. The lowest BCUT2D eigenvalue weighted by Gasteiger charge is -2.11. The molecule has 4 atom stereocenters. The number of aliphatic hydroxyl groups is 3. The van der Waals surface area contributed by atoms with Crippen LogP contribution in [0.2, 0.25) is 0 Å². The summed E-state index contributed by atoms with van der Waals surface area (Å²) < 4.78 is 56.6. The number of H-pyrrole nitrogens is 3. The number of nitrogens with two attached hydrogens (primary N) is 3. The molecule has 0 bridgehead atoms. The van der Waals surface area contributed by atoms with Crippen LogP contribution in [0.3, 0.4) is 0 Å². The van der Waals surface area contributed by atoms with Gasteiger partial charge in [-0.25, -0.2) is 32.5 Å². The average molecular weight is 742 g/mol. The van der Waals surface area contributed by atoms with Crippen LogP contribution in [0, 0.1) is 0 Å². The van der Waals surface area contributed by atoms with Crippen molar-refractivity contribution in [1.29, 1.82) is 0 Å². The number of halogens is 4. The number of aromatic nitrogens is 12. The molecule has 0 aliphatic heterocycles. The van der Waals surface area contributed by atoms with Crippen LogP contribution in [0.15, 0.2) is 33.4 Å². The number of rotatable bonds is 12. The van der Waals surface area contributed by atoms with Crippen LogP contribution in [0.25, 0.3) is 33.5 Å². The molecule has 4 unspecified atom stereocenters. The molecule has 6 aromatic rings. The lowest BCUT2D eigenvalue weighted by Crippen LogP contribution is -2.26. The minimum absolute atomic E-state index is 0.00388. The van der Waals surface area contributed by atoms with Gasteiger partial charge in [0.05, 0.1) is 45.3 Å². The third-order valence-corrected chi connectivity index (χ3v) is 7.14. The zero-order valence-corrected chi connectivity index (χ0v) is 27.0. The molecule has 6 heterocycles. The normalized spacial score (nSPS) is 13.7. The van der Waals surface area contributed by atoms with Crippen molar-refractivity contribution in [1.82, 2.24) is 58.6 Å². The first-order valence-electron chi connectivity index (χ1n) is 15.3. The first-order valence-corrected chi connectivity index (χ1v) is 15.3. The number of aryl methyl sites for hydroxylation is 1. The minimum Gasteiger partial charge on any atom is -0.396 e. The topological polar surface area (TPSA) is 329 Å². The van der Waals surface area contributed by atoms with E-state index in [0.29, 0.717) is 5.65 Å². The van der Waals surface area contributed by atoms with Gasteiger partial charge in [0.2, 0.25) is 17.8 Å². The van der Waals surface area contributed by atoms with Gasteiger partial charge in [-0.3, -0.25) is 29.3 Å². The Morgan fingerprint density at radius 1 is 0.596 bits per heavy atom. The van der Waals surface area contributed by atoms with Crippen LogP contribution < -0.4 is 33.9 Å². The van der Waals surface area contributed by atoms with Gasteiger partial charge in [0.1, 0.15) is 12.3 Å². The number of alkyl halides is 4. The van der Waals surface area contributed by atoms with Gasteiger partial charge in [-0.1, -0.05) is 0 Å². The molecular formula is C27H35F4N15O6. The molecule has 0 saturated carbocycles. The zero-order chi connectivity index (χ0) is 38.1. The van der Waals surface area contributed by atoms with Crippen molar-refractivity contribution in [3.8, 4) is 0 Å². The van der Waals surface area contributed by atoms with Gasteiger partial charge < -0.3 is 46.2 Å². The molecule has 0 aromatic carbocycles. The number of nitrogens with one attached hydrogen (secondary N) is 3. The maximum atomic E-state index is 13.4. The lowest BCUT2D eigenvalue weighted by molar-refractivity contribution is 0.0884. The van der Waals surface area contributed by atoms with Gasteiger partial charge in [0.15, 0.2) is 45.8 Å². The summed E-state index contributed by atoms with van der Waals surface area (Å²) in [6.45, 7) is -1.83. The number of hydrogen-bond donors (Lipinski definition) is 9. The predicted octanol–water partition coefficient (Wildman–Crippen LogP) is -1.79. The Kier molecular flexibility index (Phi) is 12.9. The van der Waals surface area contributed by atoms with Crippen molar-refractivity contribution >= 4 is 51.3 Å². The lowest BCUT2D eigenvalue weighted by atomic mass is 10.2. The van der Waals surface area contributed by atoms with Crippen LogP contribution in [0.4, 0.5) is 35.4 Å². The fraction of sp³-hybridized carbons (Fsp3) is 0.444. The van der Waals surface area contributed by atoms with Crippen LogP contribution >= 0.6 is 0 Å². The molecule has 0 saturated heterocycles. The van der Waals surface area contributed by atoms with E-state index in [-0.39, 0.29) is 78.2 Å². The van der Waals surface area contributed by atoms with Gasteiger partial charge in [-0.15, -0.1) is 0 Å². The molecule has 0 amide bonds. The van der Waals surface area contributed by atoms with Crippen LogP contribution in [0.5, 0.6) is 0 Å². The molecule has 6 rings (SSSR count). The molecule has 25 heteroatoms. The number of hydrogen-bond acceptors (Lipinski definition) is 15. The highest BCUT2D eigenvalue weighted by Crippen LogP contribution is 2.13. The summed E-state index contributed by atoms with van der Waals surface area (Å²) in [5.41, 5.74) is 15.7.